The van der Waals surface area contributed by atoms with Gasteiger partial charge in [-0.1, -0.05) is 36.4 Å². The van der Waals surface area contributed by atoms with Crippen LogP contribution in [-0.4, -0.2) is 30.2 Å². The third-order valence-corrected chi connectivity index (χ3v) is 4.34. The Morgan fingerprint density at radius 2 is 1.68 bits per heavy atom. The van der Waals surface area contributed by atoms with E-state index < -0.39 is 5.91 Å². The van der Waals surface area contributed by atoms with Crippen LogP contribution in [0, 0.1) is 0 Å². The summed E-state index contributed by atoms with van der Waals surface area (Å²) in [4.78, 5) is 23.8. The molecule has 1 aliphatic rings. The van der Waals surface area contributed by atoms with E-state index in [0.29, 0.717) is 5.57 Å². The maximum Gasteiger partial charge on any atom is 0.267 e. The molecule has 0 aromatic heterocycles. The van der Waals surface area contributed by atoms with Crippen molar-refractivity contribution in [1.82, 2.24) is 10.8 Å². The van der Waals surface area contributed by atoms with Crippen molar-refractivity contribution in [2.45, 2.75) is 18.9 Å². The molecule has 28 heavy (non-hydrogen) atoms. The predicted octanol–water partition coefficient (Wildman–Crippen LogP) is 3.03. The molecular weight excluding hydrogens is 356 g/mol. The van der Waals surface area contributed by atoms with E-state index in [1.54, 1.807) is 18.7 Å². The molecule has 2 aromatic carbocycles. The summed E-state index contributed by atoms with van der Waals surface area (Å²) in [6, 6.07) is 15.0. The number of hydroxylamine groups is 1. The highest BCUT2D eigenvalue weighted by Gasteiger charge is 2.25. The molecule has 6 nitrogen and oxygen atoms in total. The van der Waals surface area contributed by atoms with E-state index in [4.69, 9.17) is 9.94 Å². The van der Waals surface area contributed by atoms with Gasteiger partial charge in [-0.05, 0) is 53.8 Å². The highest BCUT2D eigenvalue weighted by Crippen LogP contribution is 2.25. The molecule has 0 heterocycles. The maximum absolute atomic E-state index is 12.7. The number of rotatable bonds is 7. The summed E-state index contributed by atoms with van der Waals surface area (Å²) in [6.45, 7) is 0. The van der Waals surface area contributed by atoms with Gasteiger partial charge >= 0.3 is 0 Å². The number of ether oxygens (including phenoxy) is 1. The summed E-state index contributed by atoms with van der Waals surface area (Å²) in [5.74, 6) is 0.0347. The minimum absolute atomic E-state index is 0.101. The molecule has 0 unspecified atom stereocenters. The van der Waals surface area contributed by atoms with E-state index in [1.165, 1.54) is 6.08 Å². The Morgan fingerprint density at radius 3 is 2.25 bits per heavy atom. The highest BCUT2D eigenvalue weighted by atomic mass is 16.5. The molecule has 0 bridgehead atoms. The van der Waals surface area contributed by atoms with Crippen molar-refractivity contribution in [2.24, 2.45) is 0 Å². The van der Waals surface area contributed by atoms with Crippen molar-refractivity contribution < 1.29 is 19.5 Å². The lowest BCUT2D eigenvalue weighted by molar-refractivity contribution is -0.124. The van der Waals surface area contributed by atoms with E-state index in [9.17, 15) is 9.59 Å². The monoisotopic (exact) mass is 378 g/mol. The van der Waals surface area contributed by atoms with Gasteiger partial charge in [-0.3, -0.25) is 14.8 Å². The molecule has 1 saturated carbocycles. The van der Waals surface area contributed by atoms with Gasteiger partial charge in [0.25, 0.3) is 11.8 Å². The molecule has 3 N–H and O–H groups in total. The van der Waals surface area contributed by atoms with Crippen molar-refractivity contribution in [3.05, 3.63) is 71.3 Å². The van der Waals surface area contributed by atoms with Crippen LogP contribution in [0.25, 0.3) is 17.7 Å². The molecule has 0 radical (unpaired) electrons. The molecule has 1 fully saturated rings. The van der Waals surface area contributed by atoms with Crippen LogP contribution in [0.4, 0.5) is 0 Å². The number of methoxy groups -OCH3 is 1. The van der Waals surface area contributed by atoms with Crippen molar-refractivity contribution in [3.8, 4) is 5.75 Å². The summed E-state index contributed by atoms with van der Waals surface area (Å²) in [5.41, 5.74) is 4.59. The van der Waals surface area contributed by atoms with E-state index in [0.717, 1.165) is 35.3 Å². The summed E-state index contributed by atoms with van der Waals surface area (Å²) < 4.78 is 5.19. The van der Waals surface area contributed by atoms with Crippen LogP contribution in [0.15, 0.2) is 54.6 Å². The molecule has 144 valence electrons. The molecule has 2 amide bonds. The number of hydrogen-bond acceptors (Lipinski definition) is 4. The molecule has 3 rings (SSSR count). The first-order valence-electron chi connectivity index (χ1n) is 8.98. The fourth-order valence-corrected chi connectivity index (χ4v) is 2.62. The van der Waals surface area contributed by atoms with Gasteiger partial charge in [0.15, 0.2) is 0 Å². The SMILES string of the molecule is COc1ccc(C(=Cc2ccc(C=CC(=O)NO)cc2)C(=O)NC2CC2)cc1. The average Bonchev–Trinajstić information content (AvgIpc) is 3.55. The molecule has 6 heteroatoms. The third kappa shape index (κ3) is 5.31. The summed E-state index contributed by atoms with van der Waals surface area (Å²) in [5, 5.41) is 11.5. The van der Waals surface area contributed by atoms with Gasteiger partial charge in [0, 0.05) is 17.7 Å². The maximum atomic E-state index is 12.7. The van der Waals surface area contributed by atoms with Gasteiger partial charge < -0.3 is 10.1 Å². The average molecular weight is 378 g/mol. The molecule has 2 aromatic rings. The lowest BCUT2D eigenvalue weighted by Crippen LogP contribution is -2.26. The second-order valence-corrected chi connectivity index (χ2v) is 6.51. The fraction of sp³-hybridized carbons (Fsp3) is 0.182. The first-order valence-corrected chi connectivity index (χ1v) is 8.98. The topological polar surface area (TPSA) is 87.7 Å². The minimum Gasteiger partial charge on any atom is -0.497 e. The van der Waals surface area contributed by atoms with E-state index >= 15 is 0 Å². The zero-order valence-corrected chi connectivity index (χ0v) is 15.5. The van der Waals surface area contributed by atoms with Gasteiger partial charge in [0.1, 0.15) is 5.75 Å². The fourth-order valence-electron chi connectivity index (χ4n) is 2.62. The Hall–Kier alpha value is -3.38. The Kier molecular flexibility index (Phi) is 6.24. The van der Waals surface area contributed by atoms with Crippen molar-refractivity contribution in [3.63, 3.8) is 0 Å². The largest absolute Gasteiger partial charge is 0.497 e. The number of benzene rings is 2. The van der Waals surface area contributed by atoms with Crippen LogP contribution < -0.4 is 15.5 Å². The lowest BCUT2D eigenvalue weighted by atomic mass is 10.0. The summed E-state index contributed by atoms with van der Waals surface area (Å²) in [6.07, 6.45) is 6.70. The van der Waals surface area contributed by atoms with Crippen molar-refractivity contribution >= 4 is 29.5 Å². The van der Waals surface area contributed by atoms with Gasteiger partial charge in [-0.15, -0.1) is 0 Å². The second kappa shape index (κ2) is 9.01. The molecule has 1 aliphatic carbocycles. The molecule has 0 atom stereocenters. The van der Waals surface area contributed by atoms with Crippen LogP contribution in [0.5, 0.6) is 5.75 Å². The number of nitrogens with one attached hydrogen (secondary N) is 2. The smallest absolute Gasteiger partial charge is 0.267 e. The Balaban J connectivity index is 1.85. The van der Waals surface area contributed by atoms with Gasteiger partial charge in [-0.25, -0.2) is 5.48 Å². The van der Waals surface area contributed by atoms with Crippen LogP contribution >= 0.6 is 0 Å². The number of hydrogen-bond donors (Lipinski definition) is 3. The van der Waals surface area contributed by atoms with Crippen LogP contribution in [0.3, 0.4) is 0 Å². The van der Waals surface area contributed by atoms with Crippen molar-refractivity contribution in [2.75, 3.05) is 7.11 Å². The van der Waals surface area contributed by atoms with Crippen molar-refractivity contribution in [1.29, 1.82) is 0 Å². The summed E-state index contributed by atoms with van der Waals surface area (Å²) in [7, 11) is 1.60. The third-order valence-electron chi connectivity index (χ3n) is 4.34. The Morgan fingerprint density at radius 1 is 1.04 bits per heavy atom. The number of carbonyl (C=O) groups is 2. The first kappa shape index (κ1) is 19.4. The molecule has 0 aliphatic heterocycles. The minimum atomic E-state index is -0.595. The normalized spacial score (nSPS) is 14.0. The number of amides is 2. The lowest BCUT2D eigenvalue weighted by Gasteiger charge is -2.10. The first-order chi connectivity index (χ1) is 13.6. The second-order valence-electron chi connectivity index (χ2n) is 6.51. The zero-order valence-electron chi connectivity index (χ0n) is 15.5. The Bertz CT molecular complexity index is 895. The van der Waals surface area contributed by atoms with Gasteiger partial charge in [0.05, 0.1) is 7.11 Å². The van der Waals surface area contributed by atoms with E-state index in [-0.39, 0.29) is 11.9 Å². The standard InChI is InChI=1S/C22H22N2O4/c1-28-19-11-7-17(8-12-19)20(22(26)23-18-9-10-18)14-16-4-2-15(3-5-16)6-13-21(25)24-27/h2-8,11-14,18,27H,9-10H2,1H3,(H,23,26)(H,24,25). The van der Waals surface area contributed by atoms with Gasteiger partial charge in [-0.2, -0.15) is 0 Å². The van der Waals surface area contributed by atoms with Crippen LogP contribution in [0.1, 0.15) is 29.5 Å². The quantitative estimate of drug-likeness (QED) is 0.299. The molecule has 0 saturated heterocycles. The molecular formula is C22H22N2O4. The van der Waals surface area contributed by atoms with E-state index in [1.807, 2.05) is 54.6 Å². The van der Waals surface area contributed by atoms with Gasteiger partial charge in [0.2, 0.25) is 0 Å². The zero-order chi connectivity index (χ0) is 19.9. The summed E-state index contributed by atoms with van der Waals surface area (Å²) >= 11 is 0. The van der Waals surface area contributed by atoms with Crippen LogP contribution in [-0.2, 0) is 9.59 Å². The Labute approximate surface area is 163 Å². The predicted molar refractivity (Wildman–Crippen MR) is 107 cm³/mol. The van der Waals surface area contributed by atoms with Crippen LogP contribution in [0.2, 0.25) is 0 Å². The molecule has 0 spiro atoms. The number of carbonyl (C=O) groups excluding carboxylic acids is 2. The van der Waals surface area contributed by atoms with E-state index in [2.05, 4.69) is 5.32 Å². The highest BCUT2D eigenvalue weighted by molar-refractivity contribution is 6.24.